The van der Waals surface area contributed by atoms with Crippen molar-refractivity contribution in [3.63, 3.8) is 0 Å². The Hall–Kier alpha value is -2.41. The SMILES string of the molecule is CC(=O)c1cccc(NC(=O)NNc2ccc(F)cc2Br)c1. The molecule has 2 rings (SSSR count). The van der Waals surface area contributed by atoms with E-state index >= 15 is 0 Å². The molecule has 2 amide bonds. The zero-order valence-electron chi connectivity index (χ0n) is 11.6. The standard InChI is InChI=1S/C15H13BrFN3O2/c1-9(21)10-3-2-4-12(7-10)18-15(22)20-19-14-6-5-11(17)8-13(14)16/h2-8,19H,1H3,(H2,18,20,22). The number of halogens is 2. The summed E-state index contributed by atoms with van der Waals surface area (Å²) in [4.78, 5) is 23.1. The summed E-state index contributed by atoms with van der Waals surface area (Å²) in [6.07, 6.45) is 0. The Kier molecular flexibility index (Phi) is 5.11. The van der Waals surface area contributed by atoms with Gasteiger partial charge < -0.3 is 5.32 Å². The number of urea groups is 1. The maximum atomic E-state index is 13.0. The average molecular weight is 366 g/mol. The van der Waals surface area contributed by atoms with Gasteiger partial charge in [0.2, 0.25) is 0 Å². The van der Waals surface area contributed by atoms with Gasteiger partial charge in [0.15, 0.2) is 5.78 Å². The molecule has 0 atom stereocenters. The zero-order valence-corrected chi connectivity index (χ0v) is 13.2. The van der Waals surface area contributed by atoms with E-state index in [1.165, 1.54) is 25.1 Å². The van der Waals surface area contributed by atoms with E-state index in [2.05, 4.69) is 32.1 Å². The summed E-state index contributed by atoms with van der Waals surface area (Å²) in [5.74, 6) is -0.472. The molecule has 2 aromatic carbocycles. The number of nitrogens with one attached hydrogen (secondary N) is 3. The van der Waals surface area contributed by atoms with Crippen LogP contribution < -0.4 is 16.2 Å². The number of carbonyl (C=O) groups is 2. The number of hydrazine groups is 1. The lowest BCUT2D eigenvalue weighted by atomic mass is 10.1. The Labute approximate surface area is 135 Å². The van der Waals surface area contributed by atoms with Crippen molar-refractivity contribution in [2.45, 2.75) is 6.92 Å². The largest absolute Gasteiger partial charge is 0.337 e. The Balaban J connectivity index is 1.95. The molecule has 0 aliphatic heterocycles. The van der Waals surface area contributed by atoms with Gasteiger partial charge in [-0.3, -0.25) is 15.6 Å². The Morgan fingerprint density at radius 1 is 1.14 bits per heavy atom. The number of benzene rings is 2. The highest BCUT2D eigenvalue weighted by Crippen LogP contribution is 2.22. The predicted octanol–water partition coefficient (Wildman–Crippen LogP) is 3.94. The summed E-state index contributed by atoms with van der Waals surface area (Å²) in [7, 11) is 0. The molecule has 0 bridgehead atoms. The lowest BCUT2D eigenvalue weighted by molar-refractivity contribution is 0.101. The highest BCUT2D eigenvalue weighted by atomic mass is 79.9. The summed E-state index contributed by atoms with van der Waals surface area (Å²) >= 11 is 3.18. The summed E-state index contributed by atoms with van der Waals surface area (Å²) in [6.45, 7) is 1.45. The minimum Gasteiger partial charge on any atom is -0.307 e. The minimum atomic E-state index is -0.517. The quantitative estimate of drug-likeness (QED) is 0.567. The van der Waals surface area contributed by atoms with Gasteiger partial charge in [-0.25, -0.2) is 9.18 Å². The van der Waals surface area contributed by atoms with E-state index in [1.54, 1.807) is 24.3 Å². The van der Waals surface area contributed by atoms with Crippen molar-refractivity contribution in [2.24, 2.45) is 0 Å². The van der Waals surface area contributed by atoms with Crippen molar-refractivity contribution in [3.8, 4) is 0 Å². The first-order valence-electron chi connectivity index (χ1n) is 6.35. The highest BCUT2D eigenvalue weighted by molar-refractivity contribution is 9.10. The Bertz CT molecular complexity index is 722. The van der Waals surface area contributed by atoms with E-state index in [4.69, 9.17) is 0 Å². The molecule has 22 heavy (non-hydrogen) atoms. The molecule has 3 N–H and O–H groups in total. The number of ketones is 1. The molecule has 0 radical (unpaired) electrons. The number of hydrogen-bond acceptors (Lipinski definition) is 3. The van der Waals surface area contributed by atoms with Crippen LogP contribution in [-0.2, 0) is 0 Å². The molecular formula is C15H13BrFN3O2. The second-order valence-electron chi connectivity index (χ2n) is 4.47. The second kappa shape index (κ2) is 7.04. The maximum absolute atomic E-state index is 13.0. The fraction of sp³-hybridized carbons (Fsp3) is 0.0667. The number of Topliss-reactive ketones (excluding diaryl/α,β-unsaturated/α-hetero) is 1. The van der Waals surface area contributed by atoms with Crippen molar-refractivity contribution >= 4 is 39.1 Å². The molecule has 0 aliphatic rings. The first kappa shape index (κ1) is 16.0. The monoisotopic (exact) mass is 365 g/mol. The van der Waals surface area contributed by atoms with Crippen molar-refractivity contribution in [1.82, 2.24) is 5.43 Å². The van der Waals surface area contributed by atoms with Gasteiger partial charge in [-0.05, 0) is 53.2 Å². The van der Waals surface area contributed by atoms with Crippen LogP contribution in [0.4, 0.5) is 20.6 Å². The van der Waals surface area contributed by atoms with E-state index in [9.17, 15) is 14.0 Å². The Morgan fingerprint density at radius 2 is 1.91 bits per heavy atom. The highest BCUT2D eigenvalue weighted by Gasteiger charge is 2.06. The smallest absolute Gasteiger partial charge is 0.307 e. The van der Waals surface area contributed by atoms with Gasteiger partial charge in [0.25, 0.3) is 0 Å². The second-order valence-corrected chi connectivity index (χ2v) is 5.32. The molecule has 0 saturated heterocycles. The van der Waals surface area contributed by atoms with E-state index in [1.807, 2.05) is 0 Å². The van der Waals surface area contributed by atoms with E-state index < -0.39 is 6.03 Å². The van der Waals surface area contributed by atoms with Crippen molar-refractivity contribution < 1.29 is 14.0 Å². The summed E-state index contributed by atoms with van der Waals surface area (Å²) in [5, 5.41) is 2.58. The maximum Gasteiger partial charge on any atom is 0.337 e. The van der Waals surface area contributed by atoms with Crippen LogP contribution in [0.5, 0.6) is 0 Å². The van der Waals surface area contributed by atoms with Crippen LogP contribution in [0.3, 0.4) is 0 Å². The van der Waals surface area contributed by atoms with Crippen LogP contribution >= 0.6 is 15.9 Å². The van der Waals surface area contributed by atoms with Crippen LogP contribution in [0.2, 0.25) is 0 Å². The average Bonchev–Trinajstić information content (AvgIpc) is 2.46. The van der Waals surface area contributed by atoms with Gasteiger partial charge in [0.05, 0.1) is 5.69 Å². The lowest BCUT2D eigenvalue weighted by Gasteiger charge is -2.11. The van der Waals surface area contributed by atoms with Gasteiger partial charge in [0.1, 0.15) is 5.82 Å². The normalized spacial score (nSPS) is 9.95. The summed E-state index contributed by atoms with van der Waals surface area (Å²) in [6, 6.07) is 10.1. The van der Waals surface area contributed by atoms with Gasteiger partial charge in [-0.1, -0.05) is 12.1 Å². The van der Waals surface area contributed by atoms with Gasteiger partial charge >= 0.3 is 6.03 Å². The van der Waals surface area contributed by atoms with Crippen LogP contribution in [-0.4, -0.2) is 11.8 Å². The fourth-order valence-corrected chi connectivity index (χ4v) is 2.14. The summed E-state index contributed by atoms with van der Waals surface area (Å²) < 4.78 is 13.4. The molecule has 2 aromatic rings. The molecule has 0 aromatic heterocycles. The molecule has 5 nitrogen and oxygen atoms in total. The molecule has 0 heterocycles. The van der Waals surface area contributed by atoms with E-state index in [0.29, 0.717) is 21.4 Å². The van der Waals surface area contributed by atoms with Crippen molar-refractivity contribution in [3.05, 3.63) is 58.3 Å². The van der Waals surface area contributed by atoms with Gasteiger partial charge in [-0.2, -0.15) is 0 Å². The first-order valence-corrected chi connectivity index (χ1v) is 7.14. The molecule has 0 spiro atoms. The fourth-order valence-electron chi connectivity index (χ4n) is 1.69. The molecular weight excluding hydrogens is 353 g/mol. The molecule has 0 aliphatic carbocycles. The van der Waals surface area contributed by atoms with Crippen molar-refractivity contribution in [2.75, 3.05) is 10.7 Å². The third-order valence-corrected chi connectivity index (χ3v) is 3.42. The molecule has 7 heteroatoms. The predicted molar refractivity (Wildman–Crippen MR) is 86.3 cm³/mol. The third-order valence-electron chi connectivity index (χ3n) is 2.77. The number of rotatable bonds is 4. The molecule has 0 saturated carbocycles. The number of anilines is 2. The summed E-state index contributed by atoms with van der Waals surface area (Å²) in [5.41, 5.74) is 6.58. The molecule has 114 valence electrons. The molecule has 0 fully saturated rings. The first-order chi connectivity index (χ1) is 10.5. The van der Waals surface area contributed by atoms with E-state index in [0.717, 1.165) is 0 Å². The van der Waals surface area contributed by atoms with Crippen molar-refractivity contribution in [1.29, 1.82) is 0 Å². The van der Waals surface area contributed by atoms with Gasteiger partial charge in [-0.15, -0.1) is 0 Å². The van der Waals surface area contributed by atoms with Crippen LogP contribution in [0.25, 0.3) is 0 Å². The van der Waals surface area contributed by atoms with Crippen LogP contribution in [0, 0.1) is 5.82 Å². The third kappa shape index (κ3) is 4.29. The Morgan fingerprint density at radius 3 is 2.59 bits per heavy atom. The zero-order chi connectivity index (χ0) is 16.1. The molecule has 0 unspecified atom stereocenters. The topological polar surface area (TPSA) is 70.2 Å². The number of carbonyl (C=O) groups excluding carboxylic acids is 2. The lowest BCUT2D eigenvalue weighted by Crippen LogP contribution is -2.33. The minimum absolute atomic E-state index is 0.0857. The van der Waals surface area contributed by atoms with Crippen LogP contribution in [0.15, 0.2) is 46.9 Å². The van der Waals surface area contributed by atoms with Gasteiger partial charge in [0, 0.05) is 15.7 Å². The number of amides is 2. The number of hydrogen-bond donors (Lipinski definition) is 3. The van der Waals surface area contributed by atoms with E-state index in [-0.39, 0.29) is 11.6 Å². The van der Waals surface area contributed by atoms with Crippen LogP contribution in [0.1, 0.15) is 17.3 Å².